The molecular formula is C14H20N6. The fraction of sp³-hybridized carbons (Fsp3) is 0.500. The molecule has 0 bridgehead atoms. The Morgan fingerprint density at radius 3 is 2.30 bits per heavy atom. The van der Waals surface area contributed by atoms with Crippen LogP contribution in [0.5, 0.6) is 0 Å². The summed E-state index contributed by atoms with van der Waals surface area (Å²) in [4.78, 5) is 9.23. The Hall–Kier alpha value is -1.95. The Bertz CT molecular complexity index is 669. The highest BCUT2D eigenvalue weighted by Crippen LogP contribution is 2.39. The van der Waals surface area contributed by atoms with E-state index in [2.05, 4.69) is 29.4 Å². The van der Waals surface area contributed by atoms with Crippen LogP contribution in [0.3, 0.4) is 0 Å². The minimum atomic E-state index is 0.472. The Morgan fingerprint density at radius 2 is 1.80 bits per heavy atom. The van der Waals surface area contributed by atoms with Crippen LogP contribution < -0.4 is 11.3 Å². The molecule has 0 aliphatic heterocycles. The zero-order valence-corrected chi connectivity index (χ0v) is 12.4. The number of nitrogens with two attached hydrogens (primary N) is 1. The monoisotopic (exact) mass is 272 g/mol. The van der Waals surface area contributed by atoms with Gasteiger partial charge in [-0.3, -0.25) is 0 Å². The SMILES string of the molecule is Cc1nn(-c2nc(C3CC3)nc(NN)c2C)c(C)c1C. The van der Waals surface area contributed by atoms with E-state index in [0.717, 1.165) is 41.4 Å². The van der Waals surface area contributed by atoms with E-state index >= 15 is 0 Å². The normalized spacial score (nSPS) is 14.7. The second-order valence-corrected chi connectivity index (χ2v) is 5.51. The minimum Gasteiger partial charge on any atom is -0.308 e. The molecule has 1 fully saturated rings. The fourth-order valence-corrected chi connectivity index (χ4v) is 2.32. The van der Waals surface area contributed by atoms with Gasteiger partial charge in [-0.2, -0.15) is 5.10 Å². The fourth-order valence-electron chi connectivity index (χ4n) is 2.32. The van der Waals surface area contributed by atoms with Crippen molar-refractivity contribution in [3.63, 3.8) is 0 Å². The van der Waals surface area contributed by atoms with E-state index in [4.69, 9.17) is 10.8 Å². The summed E-state index contributed by atoms with van der Waals surface area (Å²) in [7, 11) is 0. The third kappa shape index (κ3) is 1.96. The van der Waals surface area contributed by atoms with Crippen LogP contribution in [0.1, 0.15) is 47.1 Å². The third-order valence-electron chi connectivity index (χ3n) is 4.07. The van der Waals surface area contributed by atoms with Gasteiger partial charge in [0.05, 0.1) is 5.69 Å². The summed E-state index contributed by atoms with van der Waals surface area (Å²) in [6.45, 7) is 8.12. The summed E-state index contributed by atoms with van der Waals surface area (Å²) in [5, 5.41) is 4.59. The standard InChI is InChI=1S/C14H20N6/c1-7-9(3)19-20(10(7)4)14-8(2)12(18-15)16-13(17-14)11-5-6-11/h11H,5-6,15H2,1-4H3,(H,16,17,18). The van der Waals surface area contributed by atoms with Gasteiger partial charge in [-0.05, 0) is 46.1 Å². The largest absolute Gasteiger partial charge is 0.308 e. The van der Waals surface area contributed by atoms with E-state index in [9.17, 15) is 0 Å². The summed E-state index contributed by atoms with van der Waals surface area (Å²) in [5.41, 5.74) is 6.92. The zero-order valence-electron chi connectivity index (χ0n) is 12.4. The summed E-state index contributed by atoms with van der Waals surface area (Å²) < 4.78 is 1.90. The van der Waals surface area contributed by atoms with Crippen LogP contribution in [0.2, 0.25) is 0 Å². The molecule has 0 unspecified atom stereocenters. The number of nitrogens with zero attached hydrogens (tertiary/aromatic N) is 4. The molecule has 0 aromatic carbocycles. The lowest BCUT2D eigenvalue weighted by molar-refractivity contribution is 0.772. The highest BCUT2D eigenvalue weighted by atomic mass is 15.3. The van der Waals surface area contributed by atoms with Crippen LogP contribution in [-0.4, -0.2) is 19.7 Å². The third-order valence-corrected chi connectivity index (χ3v) is 4.07. The lowest BCUT2D eigenvalue weighted by Crippen LogP contribution is -2.16. The molecule has 2 aromatic rings. The Morgan fingerprint density at radius 1 is 1.10 bits per heavy atom. The lowest BCUT2D eigenvalue weighted by Gasteiger charge is -2.13. The van der Waals surface area contributed by atoms with E-state index in [1.165, 1.54) is 5.56 Å². The number of hydrogen-bond acceptors (Lipinski definition) is 5. The molecule has 2 heterocycles. The molecule has 3 N–H and O–H groups in total. The summed E-state index contributed by atoms with van der Waals surface area (Å²) in [6.07, 6.45) is 2.31. The van der Waals surface area contributed by atoms with Crippen LogP contribution in [0, 0.1) is 27.7 Å². The Balaban J connectivity index is 2.20. The van der Waals surface area contributed by atoms with Crippen molar-refractivity contribution in [1.82, 2.24) is 19.7 Å². The van der Waals surface area contributed by atoms with Crippen molar-refractivity contribution < 1.29 is 0 Å². The van der Waals surface area contributed by atoms with Gasteiger partial charge in [0.2, 0.25) is 0 Å². The number of rotatable bonds is 3. The van der Waals surface area contributed by atoms with Gasteiger partial charge in [0.1, 0.15) is 11.6 Å². The number of aryl methyl sites for hydroxylation is 1. The number of hydrogen-bond donors (Lipinski definition) is 2. The van der Waals surface area contributed by atoms with Crippen molar-refractivity contribution in [2.75, 3.05) is 5.43 Å². The van der Waals surface area contributed by atoms with Crippen molar-refractivity contribution in [3.8, 4) is 5.82 Å². The topological polar surface area (TPSA) is 81.7 Å². The van der Waals surface area contributed by atoms with Crippen LogP contribution >= 0.6 is 0 Å². The van der Waals surface area contributed by atoms with Gasteiger partial charge in [0, 0.05) is 17.2 Å². The predicted octanol–water partition coefficient (Wildman–Crippen LogP) is 2.06. The molecule has 6 heteroatoms. The number of hydrazine groups is 1. The summed E-state index contributed by atoms with van der Waals surface area (Å²) >= 11 is 0. The van der Waals surface area contributed by atoms with E-state index < -0.39 is 0 Å². The first kappa shape index (κ1) is 13.1. The molecule has 3 rings (SSSR count). The molecule has 0 atom stereocenters. The molecule has 0 saturated heterocycles. The van der Waals surface area contributed by atoms with Gasteiger partial charge >= 0.3 is 0 Å². The van der Waals surface area contributed by atoms with Crippen LogP contribution in [0.4, 0.5) is 5.82 Å². The summed E-state index contributed by atoms with van der Waals surface area (Å²) in [5.74, 6) is 8.43. The molecule has 0 spiro atoms. The smallest absolute Gasteiger partial charge is 0.162 e. The van der Waals surface area contributed by atoms with Gasteiger partial charge in [-0.25, -0.2) is 20.5 Å². The molecule has 1 saturated carbocycles. The maximum absolute atomic E-state index is 5.59. The first-order chi connectivity index (χ1) is 9.52. The minimum absolute atomic E-state index is 0.472. The number of nitrogen functional groups attached to an aromatic ring is 1. The molecular weight excluding hydrogens is 252 g/mol. The number of aromatic nitrogens is 4. The Kier molecular flexibility index (Phi) is 2.97. The molecule has 0 radical (unpaired) electrons. The van der Waals surface area contributed by atoms with Gasteiger partial charge < -0.3 is 5.43 Å². The molecule has 6 nitrogen and oxygen atoms in total. The van der Waals surface area contributed by atoms with Crippen LogP contribution in [0.25, 0.3) is 5.82 Å². The predicted molar refractivity (Wildman–Crippen MR) is 77.9 cm³/mol. The molecule has 0 amide bonds. The van der Waals surface area contributed by atoms with E-state index in [1.54, 1.807) is 0 Å². The van der Waals surface area contributed by atoms with E-state index in [0.29, 0.717) is 11.7 Å². The van der Waals surface area contributed by atoms with Crippen molar-refractivity contribution in [3.05, 3.63) is 28.3 Å². The molecule has 106 valence electrons. The Labute approximate surface area is 118 Å². The van der Waals surface area contributed by atoms with Crippen molar-refractivity contribution >= 4 is 5.82 Å². The quantitative estimate of drug-likeness (QED) is 0.660. The second kappa shape index (κ2) is 4.56. The molecule has 2 aromatic heterocycles. The summed E-state index contributed by atoms with van der Waals surface area (Å²) in [6, 6.07) is 0. The van der Waals surface area contributed by atoms with Crippen molar-refractivity contribution in [1.29, 1.82) is 0 Å². The lowest BCUT2D eigenvalue weighted by atomic mass is 10.2. The number of nitrogens with one attached hydrogen (secondary N) is 1. The maximum atomic E-state index is 5.59. The van der Waals surface area contributed by atoms with Crippen LogP contribution in [0.15, 0.2) is 0 Å². The van der Waals surface area contributed by atoms with Crippen molar-refractivity contribution in [2.24, 2.45) is 5.84 Å². The van der Waals surface area contributed by atoms with Gasteiger partial charge in [-0.1, -0.05) is 0 Å². The van der Waals surface area contributed by atoms with Gasteiger partial charge in [0.25, 0.3) is 0 Å². The van der Waals surface area contributed by atoms with Crippen molar-refractivity contribution in [2.45, 2.75) is 46.5 Å². The average molecular weight is 272 g/mol. The van der Waals surface area contributed by atoms with Crippen LogP contribution in [-0.2, 0) is 0 Å². The van der Waals surface area contributed by atoms with E-state index in [1.807, 2.05) is 18.5 Å². The number of anilines is 1. The second-order valence-electron chi connectivity index (χ2n) is 5.51. The molecule has 20 heavy (non-hydrogen) atoms. The molecule has 1 aliphatic rings. The highest BCUT2D eigenvalue weighted by Gasteiger charge is 2.29. The maximum Gasteiger partial charge on any atom is 0.162 e. The zero-order chi connectivity index (χ0) is 14.4. The average Bonchev–Trinajstić information content (AvgIpc) is 3.24. The first-order valence-corrected chi connectivity index (χ1v) is 6.91. The van der Waals surface area contributed by atoms with Gasteiger partial charge in [-0.15, -0.1) is 0 Å². The molecule has 1 aliphatic carbocycles. The first-order valence-electron chi connectivity index (χ1n) is 6.91. The van der Waals surface area contributed by atoms with Gasteiger partial charge in [0.15, 0.2) is 5.82 Å². The van der Waals surface area contributed by atoms with E-state index in [-0.39, 0.29) is 0 Å². The highest BCUT2D eigenvalue weighted by molar-refractivity contribution is 5.52.